The summed E-state index contributed by atoms with van der Waals surface area (Å²) in [5.41, 5.74) is 0.163. The van der Waals surface area contributed by atoms with Crippen LogP contribution in [0.5, 0.6) is 0 Å². The second-order valence-electron chi connectivity index (χ2n) is 17.7. The van der Waals surface area contributed by atoms with Crippen LogP contribution in [0.2, 0.25) is 0 Å². The predicted octanol–water partition coefficient (Wildman–Crippen LogP) is 3.54. The van der Waals surface area contributed by atoms with Gasteiger partial charge in [0.2, 0.25) is 0 Å². The minimum Gasteiger partial charge on any atom is -0.394 e. The molecule has 7 rings (SSSR count). The molecule has 4 saturated carbocycles. The summed E-state index contributed by atoms with van der Waals surface area (Å²) in [6, 6.07) is 0. The summed E-state index contributed by atoms with van der Waals surface area (Å²) >= 11 is 0. The molecule has 0 aromatic rings. The Morgan fingerprint density at radius 2 is 1.62 bits per heavy atom. The molecule has 45 heavy (non-hydrogen) atoms. The van der Waals surface area contributed by atoms with Gasteiger partial charge in [0.15, 0.2) is 12.1 Å². The predicted molar refractivity (Wildman–Crippen MR) is 166 cm³/mol. The zero-order valence-electron chi connectivity index (χ0n) is 28.4. The van der Waals surface area contributed by atoms with Gasteiger partial charge in [-0.1, -0.05) is 39.3 Å². The summed E-state index contributed by atoms with van der Waals surface area (Å²) in [6.07, 6.45) is 2.62. The van der Waals surface area contributed by atoms with Crippen molar-refractivity contribution in [2.75, 3.05) is 19.8 Å². The Hall–Kier alpha value is -0.620. The lowest BCUT2D eigenvalue weighted by Gasteiger charge is -2.70. The molecule has 9 heteroatoms. The number of allylic oxidation sites excluding steroid dienone is 1. The molecule has 0 amide bonds. The normalized spacial score (nSPS) is 58.2. The zero-order chi connectivity index (χ0) is 32.5. The number of ether oxygens (including phenoxy) is 4. The van der Waals surface area contributed by atoms with E-state index in [1.54, 1.807) is 0 Å². The first-order valence-corrected chi connectivity index (χ1v) is 17.6. The molecule has 2 bridgehead atoms. The zero-order valence-corrected chi connectivity index (χ0v) is 28.4. The Labute approximate surface area is 268 Å². The van der Waals surface area contributed by atoms with E-state index in [2.05, 4.69) is 47.6 Å². The van der Waals surface area contributed by atoms with Crippen LogP contribution in [0.1, 0.15) is 93.4 Å². The molecule has 3 aliphatic heterocycles. The van der Waals surface area contributed by atoms with Crippen molar-refractivity contribution >= 4 is 0 Å². The van der Waals surface area contributed by atoms with Crippen molar-refractivity contribution in [1.82, 2.24) is 0 Å². The minimum atomic E-state index is -1.45. The fourth-order valence-corrected chi connectivity index (χ4v) is 13.1. The first-order valence-electron chi connectivity index (χ1n) is 17.6. The smallest absolute Gasteiger partial charge is 0.186 e. The fourth-order valence-electron chi connectivity index (χ4n) is 13.1. The lowest BCUT2D eigenvalue weighted by atomic mass is 9.35. The molecule has 7 aliphatic rings. The number of aliphatic hydroxyl groups is 5. The van der Waals surface area contributed by atoms with Crippen LogP contribution in [0, 0.1) is 51.2 Å². The van der Waals surface area contributed by atoms with E-state index in [9.17, 15) is 25.5 Å². The van der Waals surface area contributed by atoms with Gasteiger partial charge in [0.25, 0.3) is 0 Å². The summed E-state index contributed by atoms with van der Waals surface area (Å²) in [6.45, 7) is 16.6. The van der Waals surface area contributed by atoms with E-state index < -0.39 is 48.7 Å². The molecule has 3 heterocycles. The van der Waals surface area contributed by atoms with Gasteiger partial charge in [0, 0.05) is 23.7 Å². The van der Waals surface area contributed by atoms with Crippen LogP contribution in [-0.2, 0) is 18.9 Å². The lowest BCUT2D eigenvalue weighted by Crippen LogP contribution is -2.68. The topological polar surface area (TPSA) is 138 Å². The average molecular weight is 635 g/mol. The number of fused-ring (bicyclic) bond motifs is 4. The van der Waals surface area contributed by atoms with Crippen LogP contribution in [0.4, 0.5) is 0 Å². The fraction of sp³-hybridized carbons (Fsp3) is 0.944. The molecule has 3 saturated heterocycles. The quantitative estimate of drug-likeness (QED) is 0.232. The maximum absolute atomic E-state index is 12.2. The maximum Gasteiger partial charge on any atom is 0.186 e. The summed E-state index contributed by atoms with van der Waals surface area (Å²) in [4.78, 5) is 0. The Kier molecular flexibility index (Phi) is 7.64. The van der Waals surface area contributed by atoms with Crippen molar-refractivity contribution in [3.05, 3.63) is 11.6 Å². The lowest BCUT2D eigenvalue weighted by molar-refractivity contribution is -0.342. The number of hydrogen-bond acceptors (Lipinski definition) is 9. The highest BCUT2D eigenvalue weighted by atomic mass is 16.7. The summed E-state index contributed by atoms with van der Waals surface area (Å²) in [5.74, 6) is 0.430. The first-order chi connectivity index (χ1) is 21.0. The van der Waals surface area contributed by atoms with Crippen LogP contribution < -0.4 is 0 Å². The summed E-state index contributed by atoms with van der Waals surface area (Å²) < 4.78 is 25.7. The van der Waals surface area contributed by atoms with E-state index >= 15 is 0 Å². The van der Waals surface area contributed by atoms with Crippen molar-refractivity contribution in [2.45, 2.75) is 142 Å². The molecule has 9 nitrogen and oxygen atoms in total. The minimum absolute atomic E-state index is 0.0355. The number of aliphatic hydroxyl groups excluding tert-OH is 4. The molecule has 0 radical (unpaired) electrons. The van der Waals surface area contributed by atoms with Crippen molar-refractivity contribution < 1.29 is 44.5 Å². The van der Waals surface area contributed by atoms with Gasteiger partial charge in [-0.3, -0.25) is 0 Å². The van der Waals surface area contributed by atoms with Gasteiger partial charge in [-0.2, -0.15) is 0 Å². The van der Waals surface area contributed by atoms with Crippen LogP contribution in [0.3, 0.4) is 0 Å². The van der Waals surface area contributed by atoms with Crippen LogP contribution in [-0.4, -0.2) is 93.6 Å². The average Bonchev–Trinajstić information content (AvgIpc) is 3.49. The van der Waals surface area contributed by atoms with Crippen molar-refractivity contribution in [1.29, 1.82) is 0 Å². The SMILES string of the molecule is CC(C)=C[C@H]1CO[C@]23C[C@]4(CO2)[C@H](CC[C@@H]2[C@@]5(C)CC[C@H](O[C@@H]6O[C@H](CO)[C@@H](O)[C@H](O)[C@H]6O)C(C)(C)[C@@H]5CC[C@]24C)[C@H]3[C@@]1(C)O. The highest BCUT2D eigenvalue weighted by Gasteiger charge is 2.81. The Bertz CT molecular complexity index is 1200. The standard InChI is InChI=1S/C36H58O9/c1-19(2)14-20-16-42-36-17-35(18-43-36)21(29(36)34(20,7)41)8-9-24-32(5)12-11-25(31(3,4)23(32)10-13-33(24,35)6)45-30-28(40)27(39)26(38)22(15-37)44-30/h14,20-30,37-41H,8-13,15-18H2,1-7H3/t20-,21+,22+,23-,24+,25-,26+,27-,28+,29-,30-,32-,33+,34-,35-,36+/m0/s1. The molecule has 0 unspecified atom stereocenters. The molecule has 16 atom stereocenters. The number of rotatable bonds is 4. The monoisotopic (exact) mass is 634 g/mol. The molecular formula is C36H58O9. The Morgan fingerprint density at radius 1 is 0.889 bits per heavy atom. The molecule has 0 aromatic heterocycles. The second kappa shape index (κ2) is 10.4. The van der Waals surface area contributed by atoms with E-state index in [0.717, 1.165) is 44.9 Å². The van der Waals surface area contributed by atoms with Gasteiger partial charge in [0.05, 0.1) is 31.5 Å². The van der Waals surface area contributed by atoms with Gasteiger partial charge in [0.1, 0.15) is 24.4 Å². The molecule has 0 aromatic carbocycles. The molecule has 7 fully saturated rings. The Morgan fingerprint density at radius 3 is 2.31 bits per heavy atom. The molecule has 4 aliphatic carbocycles. The molecular weight excluding hydrogens is 576 g/mol. The highest BCUT2D eigenvalue weighted by Crippen LogP contribution is 2.80. The third-order valence-corrected chi connectivity index (χ3v) is 15.2. The van der Waals surface area contributed by atoms with E-state index in [-0.39, 0.29) is 39.6 Å². The largest absolute Gasteiger partial charge is 0.394 e. The van der Waals surface area contributed by atoms with Gasteiger partial charge in [-0.05, 0) is 93.3 Å². The van der Waals surface area contributed by atoms with Gasteiger partial charge in [-0.15, -0.1) is 0 Å². The van der Waals surface area contributed by atoms with Crippen molar-refractivity contribution in [2.24, 2.45) is 51.2 Å². The van der Waals surface area contributed by atoms with E-state index in [4.69, 9.17) is 18.9 Å². The van der Waals surface area contributed by atoms with Crippen LogP contribution >= 0.6 is 0 Å². The van der Waals surface area contributed by atoms with Crippen molar-refractivity contribution in [3.8, 4) is 0 Å². The van der Waals surface area contributed by atoms with E-state index in [1.165, 1.54) is 5.57 Å². The number of hydrogen-bond donors (Lipinski definition) is 5. The maximum atomic E-state index is 12.2. The van der Waals surface area contributed by atoms with E-state index in [1.807, 2.05) is 6.92 Å². The van der Waals surface area contributed by atoms with Gasteiger partial charge < -0.3 is 44.5 Å². The highest BCUT2D eigenvalue weighted by molar-refractivity contribution is 5.27. The molecule has 5 N–H and O–H groups in total. The second-order valence-corrected chi connectivity index (χ2v) is 17.7. The molecule has 2 spiro atoms. The summed E-state index contributed by atoms with van der Waals surface area (Å²) in [7, 11) is 0. The third-order valence-electron chi connectivity index (χ3n) is 15.2. The summed E-state index contributed by atoms with van der Waals surface area (Å²) in [5, 5.41) is 53.4. The third kappa shape index (κ3) is 4.24. The molecule has 256 valence electrons. The first kappa shape index (κ1) is 32.9. The van der Waals surface area contributed by atoms with E-state index in [0.29, 0.717) is 31.0 Å². The van der Waals surface area contributed by atoms with Crippen LogP contribution in [0.15, 0.2) is 11.6 Å². The van der Waals surface area contributed by atoms with Crippen LogP contribution in [0.25, 0.3) is 0 Å². The van der Waals surface area contributed by atoms with Crippen molar-refractivity contribution in [3.63, 3.8) is 0 Å². The van der Waals surface area contributed by atoms with Gasteiger partial charge >= 0.3 is 0 Å². The van der Waals surface area contributed by atoms with Gasteiger partial charge in [-0.25, -0.2) is 0 Å². The Balaban J connectivity index is 1.16.